The zero-order chi connectivity index (χ0) is 13.6. The summed E-state index contributed by atoms with van der Waals surface area (Å²) in [5, 5.41) is 11.8. The fourth-order valence-corrected chi connectivity index (χ4v) is 1.46. The van der Waals surface area contributed by atoms with Crippen LogP contribution in [0.15, 0.2) is 18.2 Å². The van der Waals surface area contributed by atoms with E-state index in [4.69, 9.17) is 10.00 Å². The minimum Gasteiger partial charge on any atom is -0.493 e. The van der Waals surface area contributed by atoms with Crippen molar-refractivity contribution in [3.63, 3.8) is 0 Å². The lowest BCUT2D eigenvalue weighted by molar-refractivity contribution is 0.286. The first-order chi connectivity index (χ1) is 8.49. The molecule has 5 heteroatoms. The number of benzene rings is 1. The molecule has 0 aromatic heterocycles. The highest BCUT2D eigenvalue weighted by Gasteiger charge is 2.20. The number of hydrogen-bond donors (Lipinski definition) is 1. The van der Waals surface area contributed by atoms with E-state index in [0.29, 0.717) is 19.4 Å². The molecule has 1 N–H and O–H groups in total. The minimum atomic E-state index is -0.665. The van der Waals surface area contributed by atoms with Crippen LogP contribution >= 0.6 is 0 Å². The van der Waals surface area contributed by atoms with Crippen LogP contribution in [0.3, 0.4) is 0 Å². The van der Waals surface area contributed by atoms with Crippen molar-refractivity contribution in [2.24, 2.45) is 0 Å². The largest absolute Gasteiger partial charge is 0.493 e. The third-order valence-corrected chi connectivity index (χ3v) is 2.72. The Hall–Kier alpha value is -1.67. The molecule has 0 heterocycles. The summed E-state index contributed by atoms with van der Waals surface area (Å²) in [5.74, 6) is -1.17. The van der Waals surface area contributed by atoms with E-state index in [2.05, 4.69) is 11.4 Å². The van der Waals surface area contributed by atoms with Crippen molar-refractivity contribution < 1.29 is 13.5 Å². The Kier molecular flexibility index (Phi) is 5.05. The molecule has 0 amide bonds. The minimum absolute atomic E-state index is 0.163. The maximum atomic E-state index is 12.9. The monoisotopic (exact) mass is 254 g/mol. The lowest BCUT2D eigenvalue weighted by Crippen LogP contribution is -2.38. The van der Waals surface area contributed by atoms with E-state index in [1.165, 1.54) is 0 Å². The van der Waals surface area contributed by atoms with E-state index in [1.54, 1.807) is 14.0 Å². The Morgan fingerprint density at radius 3 is 2.44 bits per heavy atom. The first-order valence-corrected chi connectivity index (χ1v) is 5.68. The SMILES string of the molecule is CNC(C)(C#N)CCCOc1cc(F)cc(F)c1. The van der Waals surface area contributed by atoms with Gasteiger partial charge in [0.2, 0.25) is 0 Å². The normalized spacial score (nSPS) is 13.7. The van der Waals surface area contributed by atoms with E-state index in [1.807, 2.05) is 0 Å². The lowest BCUT2D eigenvalue weighted by Gasteiger charge is -2.20. The number of nitrogens with zero attached hydrogens (tertiary/aromatic N) is 1. The van der Waals surface area contributed by atoms with Crippen LogP contribution in [0.5, 0.6) is 5.75 Å². The number of nitrogens with one attached hydrogen (secondary N) is 1. The van der Waals surface area contributed by atoms with Gasteiger partial charge in [0.1, 0.15) is 22.9 Å². The van der Waals surface area contributed by atoms with Crippen LogP contribution < -0.4 is 10.1 Å². The van der Waals surface area contributed by atoms with E-state index in [-0.39, 0.29) is 5.75 Å². The molecule has 0 aliphatic carbocycles. The average Bonchev–Trinajstić information content (AvgIpc) is 2.33. The first-order valence-electron chi connectivity index (χ1n) is 5.68. The van der Waals surface area contributed by atoms with E-state index >= 15 is 0 Å². The molecule has 3 nitrogen and oxygen atoms in total. The zero-order valence-corrected chi connectivity index (χ0v) is 10.5. The summed E-state index contributed by atoms with van der Waals surface area (Å²) in [7, 11) is 1.71. The van der Waals surface area contributed by atoms with Crippen LogP contribution in [-0.2, 0) is 0 Å². The number of hydrogen-bond acceptors (Lipinski definition) is 3. The van der Waals surface area contributed by atoms with Gasteiger partial charge in [0.05, 0.1) is 12.7 Å². The van der Waals surface area contributed by atoms with Crippen LogP contribution in [-0.4, -0.2) is 19.2 Å². The van der Waals surface area contributed by atoms with Gasteiger partial charge >= 0.3 is 0 Å². The van der Waals surface area contributed by atoms with Gasteiger partial charge in [-0.2, -0.15) is 5.26 Å². The molecule has 0 aliphatic heterocycles. The number of rotatable bonds is 6. The maximum Gasteiger partial charge on any atom is 0.129 e. The smallest absolute Gasteiger partial charge is 0.129 e. The highest BCUT2D eigenvalue weighted by Crippen LogP contribution is 2.16. The van der Waals surface area contributed by atoms with E-state index in [9.17, 15) is 8.78 Å². The molecule has 1 unspecified atom stereocenters. The number of nitriles is 1. The van der Waals surface area contributed by atoms with Gasteiger partial charge in [0.25, 0.3) is 0 Å². The molecule has 0 bridgehead atoms. The summed E-state index contributed by atoms with van der Waals surface area (Å²) >= 11 is 0. The molecule has 0 saturated heterocycles. The van der Waals surface area contributed by atoms with Crippen molar-refractivity contribution in [1.82, 2.24) is 5.32 Å². The molecule has 0 aliphatic rings. The van der Waals surface area contributed by atoms with Crippen molar-refractivity contribution in [2.75, 3.05) is 13.7 Å². The third kappa shape index (κ3) is 4.30. The first kappa shape index (κ1) is 14.4. The Morgan fingerprint density at radius 1 is 1.33 bits per heavy atom. The topological polar surface area (TPSA) is 45.0 Å². The Balaban J connectivity index is 2.41. The van der Waals surface area contributed by atoms with E-state index in [0.717, 1.165) is 18.2 Å². The van der Waals surface area contributed by atoms with Gasteiger partial charge in [0.15, 0.2) is 0 Å². The lowest BCUT2D eigenvalue weighted by atomic mass is 9.98. The molecule has 1 aromatic rings. The second kappa shape index (κ2) is 6.31. The summed E-state index contributed by atoms with van der Waals surface area (Å²) in [6.45, 7) is 2.09. The van der Waals surface area contributed by atoms with Gasteiger partial charge < -0.3 is 10.1 Å². The molecular weight excluding hydrogens is 238 g/mol. The molecule has 18 heavy (non-hydrogen) atoms. The zero-order valence-electron chi connectivity index (χ0n) is 10.5. The second-order valence-electron chi connectivity index (χ2n) is 4.25. The van der Waals surface area contributed by atoms with Gasteiger partial charge in [-0.25, -0.2) is 8.78 Å². The predicted molar refractivity (Wildman–Crippen MR) is 64.2 cm³/mol. The fraction of sp³-hybridized carbons (Fsp3) is 0.462. The average molecular weight is 254 g/mol. The predicted octanol–water partition coefficient (Wildman–Crippen LogP) is 2.63. The van der Waals surface area contributed by atoms with Crippen molar-refractivity contribution in [2.45, 2.75) is 25.3 Å². The van der Waals surface area contributed by atoms with Gasteiger partial charge in [-0.3, -0.25) is 0 Å². The van der Waals surface area contributed by atoms with Crippen molar-refractivity contribution in [3.8, 4) is 11.8 Å². The molecule has 0 saturated carbocycles. The van der Waals surface area contributed by atoms with Gasteiger partial charge in [-0.1, -0.05) is 0 Å². The molecule has 1 atom stereocenters. The summed E-state index contributed by atoms with van der Waals surface area (Å²) in [5.41, 5.74) is -0.601. The maximum absolute atomic E-state index is 12.9. The molecule has 0 spiro atoms. The Morgan fingerprint density at radius 2 is 1.94 bits per heavy atom. The Labute approximate surface area is 105 Å². The second-order valence-corrected chi connectivity index (χ2v) is 4.25. The Bertz CT molecular complexity index is 425. The molecule has 1 rings (SSSR count). The van der Waals surface area contributed by atoms with Gasteiger partial charge in [0, 0.05) is 18.2 Å². The molecule has 0 fully saturated rings. The fourth-order valence-electron chi connectivity index (χ4n) is 1.46. The highest BCUT2D eigenvalue weighted by atomic mass is 19.1. The summed E-state index contributed by atoms with van der Waals surface area (Å²) in [6, 6.07) is 5.21. The summed E-state index contributed by atoms with van der Waals surface area (Å²) in [4.78, 5) is 0. The van der Waals surface area contributed by atoms with Gasteiger partial charge in [-0.15, -0.1) is 0 Å². The molecule has 1 aromatic carbocycles. The molecule has 98 valence electrons. The van der Waals surface area contributed by atoms with Crippen molar-refractivity contribution in [1.29, 1.82) is 5.26 Å². The highest BCUT2D eigenvalue weighted by molar-refractivity contribution is 5.23. The van der Waals surface area contributed by atoms with Gasteiger partial charge in [-0.05, 0) is 26.8 Å². The van der Waals surface area contributed by atoms with Crippen molar-refractivity contribution in [3.05, 3.63) is 29.8 Å². The summed E-state index contributed by atoms with van der Waals surface area (Å²) in [6.07, 6.45) is 1.21. The standard InChI is InChI=1S/C13H16F2N2O/c1-13(9-16,17-2)4-3-5-18-12-7-10(14)6-11(15)8-12/h6-8,17H,3-5H2,1-2H3. The van der Waals surface area contributed by atoms with Crippen LogP contribution in [0.1, 0.15) is 19.8 Å². The van der Waals surface area contributed by atoms with Crippen LogP contribution in [0.4, 0.5) is 8.78 Å². The van der Waals surface area contributed by atoms with Crippen molar-refractivity contribution >= 4 is 0 Å². The molecular formula is C13H16F2N2O. The number of halogens is 2. The summed E-state index contributed by atoms with van der Waals surface area (Å²) < 4.78 is 31.0. The van der Waals surface area contributed by atoms with Crippen LogP contribution in [0.25, 0.3) is 0 Å². The third-order valence-electron chi connectivity index (χ3n) is 2.72. The number of ether oxygens (including phenoxy) is 1. The van der Waals surface area contributed by atoms with Crippen LogP contribution in [0, 0.1) is 23.0 Å². The quantitative estimate of drug-likeness (QED) is 0.794. The van der Waals surface area contributed by atoms with E-state index < -0.39 is 17.2 Å². The van der Waals surface area contributed by atoms with Crippen LogP contribution in [0.2, 0.25) is 0 Å². The molecule has 0 radical (unpaired) electrons.